The van der Waals surface area contributed by atoms with Crippen molar-refractivity contribution < 1.29 is 13.2 Å². The van der Waals surface area contributed by atoms with Gasteiger partial charge in [-0.15, -0.1) is 0 Å². The highest BCUT2D eigenvalue weighted by Crippen LogP contribution is 2.17. The van der Waals surface area contributed by atoms with E-state index in [4.69, 9.17) is 4.74 Å². The topological polar surface area (TPSA) is 58.6 Å². The molecule has 15 heavy (non-hydrogen) atoms. The summed E-state index contributed by atoms with van der Waals surface area (Å²) in [6, 6.07) is 0.136. The summed E-state index contributed by atoms with van der Waals surface area (Å²) in [7, 11) is -1.47. The van der Waals surface area contributed by atoms with Crippen molar-refractivity contribution in [3.05, 3.63) is 0 Å². The molecule has 0 aromatic rings. The van der Waals surface area contributed by atoms with Gasteiger partial charge < -0.3 is 10.1 Å². The van der Waals surface area contributed by atoms with Gasteiger partial charge >= 0.3 is 0 Å². The number of hydrogen-bond acceptors (Lipinski definition) is 4. The standard InChI is InChI=1S/C9H18N2O3S/c1-11(8-5-10-6-8)15(12,13)7-9-3-2-4-14-9/h8-10H,2-7H2,1H3. The molecular weight excluding hydrogens is 216 g/mol. The molecule has 1 unspecified atom stereocenters. The lowest BCUT2D eigenvalue weighted by Crippen LogP contribution is -2.58. The maximum Gasteiger partial charge on any atom is 0.216 e. The van der Waals surface area contributed by atoms with Crippen LogP contribution < -0.4 is 5.32 Å². The quantitative estimate of drug-likeness (QED) is 0.705. The van der Waals surface area contributed by atoms with Crippen molar-refractivity contribution in [2.75, 3.05) is 32.5 Å². The molecule has 1 N–H and O–H groups in total. The molecule has 0 spiro atoms. The zero-order valence-electron chi connectivity index (χ0n) is 8.98. The molecular formula is C9H18N2O3S. The average molecular weight is 234 g/mol. The molecule has 5 nitrogen and oxygen atoms in total. The Morgan fingerprint density at radius 2 is 2.20 bits per heavy atom. The predicted octanol–water partition coefficient (Wildman–Crippen LogP) is -0.601. The highest BCUT2D eigenvalue weighted by molar-refractivity contribution is 7.89. The second kappa shape index (κ2) is 4.37. The van der Waals surface area contributed by atoms with Crippen LogP contribution in [0.5, 0.6) is 0 Å². The van der Waals surface area contributed by atoms with Gasteiger partial charge in [-0.2, -0.15) is 4.31 Å². The largest absolute Gasteiger partial charge is 0.377 e. The van der Waals surface area contributed by atoms with Crippen molar-refractivity contribution in [1.82, 2.24) is 9.62 Å². The van der Waals surface area contributed by atoms with E-state index in [1.54, 1.807) is 7.05 Å². The first kappa shape index (κ1) is 11.3. The highest BCUT2D eigenvalue weighted by Gasteiger charge is 2.33. The number of rotatable bonds is 4. The highest BCUT2D eigenvalue weighted by atomic mass is 32.2. The zero-order valence-corrected chi connectivity index (χ0v) is 9.79. The summed E-state index contributed by atoms with van der Waals surface area (Å²) in [5.41, 5.74) is 0. The summed E-state index contributed by atoms with van der Waals surface area (Å²) >= 11 is 0. The maximum absolute atomic E-state index is 11.9. The van der Waals surface area contributed by atoms with E-state index < -0.39 is 10.0 Å². The number of hydrogen-bond donors (Lipinski definition) is 1. The van der Waals surface area contributed by atoms with Gasteiger partial charge in [0.15, 0.2) is 0 Å². The second-order valence-corrected chi connectivity index (χ2v) is 6.31. The molecule has 0 aromatic heterocycles. The molecule has 2 fully saturated rings. The van der Waals surface area contributed by atoms with Gasteiger partial charge in [0, 0.05) is 32.8 Å². The minimum Gasteiger partial charge on any atom is -0.377 e. The zero-order chi connectivity index (χ0) is 10.9. The lowest BCUT2D eigenvalue weighted by atomic mass is 10.2. The van der Waals surface area contributed by atoms with Crippen molar-refractivity contribution in [3.63, 3.8) is 0 Å². The molecule has 88 valence electrons. The van der Waals surface area contributed by atoms with Gasteiger partial charge in [0.05, 0.1) is 11.9 Å². The van der Waals surface area contributed by atoms with Gasteiger partial charge in [0.2, 0.25) is 10.0 Å². The maximum atomic E-state index is 11.9. The third kappa shape index (κ3) is 2.50. The smallest absolute Gasteiger partial charge is 0.216 e. The van der Waals surface area contributed by atoms with Crippen LogP contribution in [0.4, 0.5) is 0 Å². The summed E-state index contributed by atoms with van der Waals surface area (Å²) in [6.45, 7) is 2.23. The fourth-order valence-corrected chi connectivity index (χ4v) is 3.46. The molecule has 0 amide bonds. The van der Waals surface area contributed by atoms with Crippen molar-refractivity contribution in [1.29, 1.82) is 0 Å². The Labute approximate surface area is 90.8 Å². The Morgan fingerprint density at radius 3 is 2.67 bits per heavy atom. The lowest BCUT2D eigenvalue weighted by molar-refractivity contribution is 0.125. The molecule has 2 rings (SSSR count). The Balaban J connectivity index is 1.92. The van der Waals surface area contributed by atoms with Crippen LogP contribution >= 0.6 is 0 Å². The molecule has 2 aliphatic heterocycles. The third-order valence-corrected chi connectivity index (χ3v) is 5.10. The van der Waals surface area contributed by atoms with Crippen LogP contribution in [0.25, 0.3) is 0 Å². The van der Waals surface area contributed by atoms with E-state index in [0.29, 0.717) is 6.61 Å². The van der Waals surface area contributed by atoms with Crippen molar-refractivity contribution in [2.24, 2.45) is 0 Å². The van der Waals surface area contributed by atoms with E-state index in [1.165, 1.54) is 4.31 Å². The Kier molecular flexibility index (Phi) is 3.30. The van der Waals surface area contributed by atoms with E-state index >= 15 is 0 Å². The molecule has 2 saturated heterocycles. The van der Waals surface area contributed by atoms with E-state index in [2.05, 4.69) is 5.32 Å². The molecule has 2 aliphatic rings. The Morgan fingerprint density at radius 1 is 1.47 bits per heavy atom. The van der Waals surface area contributed by atoms with Crippen LogP contribution in [0.3, 0.4) is 0 Å². The number of sulfonamides is 1. The van der Waals surface area contributed by atoms with Gasteiger partial charge in [0.25, 0.3) is 0 Å². The van der Waals surface area contributed by atoms with Crippen LogP contribution in [0.2, 0.25) is 0 Å². The normalized spacial score (nSPS) is 28.3. The lowest BCUT2D eigenvalue weighted by Gasteiger charge is -2.35. The van der Waals surface area contributed by atoms with Crippen LogP contribution in [0.1, 0.15) is 12.8 Å². The number of ether oxygens (including phenoxy) is 1. The van der Waals surface area contributed by atoms with Crippen molar-refractivity contribution >= 4 is 10.0 Å². The van der Waals surface area contributed by atoms with Crippen LogP contribution in [-0.2, 0) is 14.8 Å². The van der Waals surface area contributed by atoms with Crippen LogP contribution in [-0.4, -0.2) is 57.4 Å². The monoisotopic (exact) mass is 234 g/mol. The average Bonchev–Trinajstić information content (AvgIpc) is 2.52. The summed E-state index contributed by atoms with van der Waals surface area (Å²) in [4.78, 5) is 0. The summed E-state index contributed by atoms with van der Waals surface area (Å²) in [6.07, 6.45) is 1.76. The minimum atomic E-state index is -3.14. The molecule has 0 saturated carbocycles. The van der Waals surface area contributed by atoms with Crippen LogP contribution in [0, 0.1) is 0 Å². The van der Waals surface area contributed by atoms with Gasteiger partial charge in [-0.05, 0) is 12.8 Å². The number of nitrogens with one attached hydrogen (secondary N) is 1. The molecule has 0 aliphatic carbocycles. The molecule has 6 heteroatoms. The third-order valence-electron chi connectivity index (χ3n) is 3.13. The second-order valence-electron chi connectivity index (χ2n) is 4.24. The van der Waals surface area contributed by atoms with Crippen molar-refractivity contribution in [3.8, 4) is 0 Å². The van der Waals surface area contributed by atoms with E-state index in [9.17, 15) is 8.42 Å². The van der Waals surface area contributed by atoms with E-state index in [0.717, 1.165) is 25.9 Å². The minimum absolute atomic E-state index is 0.0921. The number of nitrogens with zero attached hydrogens (tertiary/aromatic N) is 1. The molecule has 0 aromatic carbocycles. The summed E-state index contributed by atoms with van der Waals surface area (Å²) in [5, 5.41) is 3.07. The summed E-state index contributed by atoms with van der Waals surface area (Å²) < 4.78 is 30.7. The van der Waals surface area contributed by atoms with Gasteiger partial charge in [-0.1, -0.05) is 0 Å². The molecule has 2 heterocycles. The van der Waals surface area contributed by atoms with E-state index in [1.807, 2.05) is 0 Å². The summed E-state index contributed by atoms with van der Waals surface area (Å²) in [5.74, 6) is 0.139. The predicted molar refractivity (Wildman–Crippen MR) is 57.2 cm³/mol. The first-order valence-electron chi connectivity index (χ1n) is 5.37. The first-order chi connectivity index (χ1) is 7.09. The molecule has 0 bridgehead atoms. The molecule has 1 atom stereocenters. The SMILES string of the molecule is CN(C1CNC1)S(=O)(=O)CC1CCCO1. The number of likely N-dealkylation sites (N-methyl/N-ethyl adjacent to an activating group) is 1. The molecule has 0 radical (unpaired) electrons. The fourth-order valence-electron chi connectivity index (χ4n) is 1.89. The van der Waals surface area contributed by atoms with Gasteiger partial charge in [0.1, 0.15) is 0 Å². The van der Waals surface area contributed by atoms with Gasteiger partial charge in [-0.3, -0.25) is 0 Å². The van der Waals surface area contributed by atoms with Gasteiger partial charge in [-0.25, -0.2) is 8.42 Å². The van der Waals surface area contributed by atoms with E-state index in [-0.39, 0.29) is 17.9 Å². The fraction of sp³-hybridized carbons (Fsp3) is 1.00. The van der Waals surface area contributed by atoms with Crippen molar-refractivity contribution in [2.45, 2.75) is 25.0 Å². The Bertz CT molecular complexity index is 307. The Hall–Kier alpha value is -0.170. The first-order valence-corrected chi connectivity index (χ1v) is 6.98. The van der Waals surface area contributed by atoms with Crippen LogP contribution in [0.15, 0.2) is 0 Å².